The number of guanidine groups is 1. The number of aromatic nitrogens is 1. The van der Waals surface area contributed by atoms with E-state index in [1.807, 2.05) is 35.7 Å². The van der Waals surface area contributed by atoms with Crippen LogP contribution in [0, 0.1) is 0 Å². The van der Waals surface area contributed by atoms with Gasteiger partial charge in [-0.05, 0) is 43.3 Å². The number of nitrogens with one attached hydrogen (secondary N) is 2. The molecule has 2 aromatic heterocycles. The first-order chi connectivity index (χ1) is 12.3. The molecule has 0 saturated heterocycles. The molecule has 4 nitrogen and oxygen atoms in total. The first-order valence-electron chi connectivity index (χ1n) is 9.28. The predicted molar refractivity (Wildman–Crippen MR) is 122 cm³/mol. The van der Waals surface area contributed by atoms with Gasteiger partial charge in [-0.1, -0.05) is 31.4 Å². The van der Waals surface area contributed by atoms with E-state index in [1.165, 1.54) is 37.0 Å². The van der Waals surface area contributed by atoms with Crippen molar-refractivity contribution in [1.29, 1.82) is 0 Å². The van der Waals surface area contributed by atoms with Crippen LogP contribution in [0.5, 0.6) is 0 Å². The van der Waals surface area contributed by atoms with E-state index >= 15 is 0 Å². The third-order valence-electron chi connectivity index (χ3n) is 4.92. The van der Waals surface area contributed by atoms with Crippen LogP contribution in [0.1, 0.15) is 49.6 Å². The van der Waals surface area contributed by atoms with E-state index in [0.717, 1.165) is 24.7 Å². The summed E-state index contributed by atoms with van der Waals surface area (Å²) in [6.45, 7) is 4.51. The Kier molecular flexibility index (Phi) is 8.84. The zero-order valence-corrected chi connectivity index (χ0v) is 18.6. The number of halogens is 1. The lowest BCUT2D eigenvalue weighted by Gasteiger charge is -2.37. The van der Waals surface area contributed by atoms with E-state index < -0.39 is 0 Å². The van der Waals surface area contributed by atoms with Gasteiger partial charge in [0.2, 0.25) is 0 Å². The largest absolute Gasteiger partial charge is 0.357 e. The molecular weight excluding hydrogens is 455 g/mol. The number of aliphatic imine (C=N–C) groups is 1. The van der Waals surface area contributed by atoms with Crippen LogP contribution in [0.3, 0.4) is 0 Å². The van der Waals surface area contributed by atoms with Crippen molar-refractivity contribution in [3.8, 4) is 0 Å². The van der Waals surface area contributed by atoms with Crippen LogP contribution in [-0.4, -0.2) is 24.0 Å². The lowest BCUT2D eigenvalue weighted by Crippen LogP contribution is -2.46. The number of thiophene rings is 1. The molecule has 2 heterocycles. The van der Waals surface area contributed by atoms with Crippen molar-refractivity contribution in [3.63, 3.8) is 0 Å². The molecule has 0 bridgehead atoms. The van der Waals surface area contributed by atoms with Crippen LogP contribution < -0.4 is 10.6 Å². The summed E-state index contributed by atoms with van der Waals surface area (Å²) in [5.74, 6) is 0.884. The van der Waals surface area contributed by atoms with Gasteiger partial charge in [0.25, 0.3) is 0 Å². The SMILES string of the molecule is CCNC(=NCc1ccccn1)NCC1(c2cccs2)CCCCC1.I. The van der Waals surface area contributed by atoms with Gasteiger partial charge in [0.15, 0.2) is 5.96 Å². The van der Waals surface area contributed by atoms with Crippen molar-refractivity contribution in [3.05, 3.63) is 52.5 Å². The van der Waals surface area contributed by atoms with Crippen LogP contribution in [0.25, 0.3) is 0 Å². The monoisotopic (exact) mass is 484 g/mol. The van der Waals surface area contributed by atoms with Crippen molar-refractivity contribution < 1.29 is 0 Å². The molecule has 142 valence electrons. The van der Waals surface area contributed by atoms with Gasteiger partial charge in [0.05, 0.1) is 12.2 Å². The fourth-order valence-electron chi connectivity index (χ4n) is 3.57. The lowest BCUT2D eigenvalue weighted by molar-refractivity contribution is 0.296. The third-order valence-corrected chi connectivity index (χ3v) is 6.03. The maximum absolute atomic E-state index is 4.72. The van der Waals surface area contributed by atoms with Gasteiger partial charge in [-0.3, -0.25) is 4.98 Å². The first kappa shape index (κ1) is 21.2. The van der Waals surface area contributed by atoms with Gasteiger partial charge < -0.3 is 10.6 Å². The standard InChI is InChI=1S/C20H28N4S.HI/c1-2-21-19(23-15-17-9-4-7-13-22-17)24-16-20(11-5-3-6-12-20)18-10-8-14-25-18;/h4,7-10,13-14H,2-3,5-6,11-12,15-16H2,1H3,(H2,21,23,24);1H. The fraction of sp³-hybridized carbons (Fsp3) is 0.500. The summed E-state index contributed by atoms with van der Waals surface area (Å²) < 4.78 is 0. The molecule has 0 aromatic carbocycles. The van der Waals surface area contributed by atoms with Crippen LogP contribution in [0.2, 0.25) is 0 Å². The van der Waals surface area contributed by atoms with E-state index in [9.17, 15) is 0 Å². The summed E-state index contributed by atoms with van der Waals surface area (Å²) in [6.07, 6.45) is 8.35. The highest BCUT2D eigenvalue weighted by molar-refractivity contribution is 14.0. The van der Waals surface area contributed by atoms with Gasteiger partial charge in [-0.15, -0.1) is 35.3 Å². The molecule has 1 fully saturated rings. The molecule has 0 radical (unpaired) electrons. The summed E-state index contributed by atoms with van der Waals surface area (Å²) in [5.41, 5.74) is 1.25. The van der Waals surface area contributed by atoms with Crippen molar-refractivity contribution in [2.24, 2.45) is 4.99 Å². The molecule has 0 atom stereocenters. The van der Waals surface area contributed by atoms with E-state index in [4.69, 9.17) is 4.99 Å². The Morgan fingerprint density at radius 1 is 1.15 bits per heavy atom. The van der Waals surface area contributed by atoms with E-state index in [2.05, 4.69) is 40.1 Å². The highest BCUT2D eigenvalue weighted by Crippen LogP contribution is 2.41. The van der Waals surface area contributed by atoms with Crippen molar-refractivity contribution in [2.45, 2.75) is 51.0 Å². The molecule has 0 aliphatic heterocycles. The molecule has 1 saturated carbocycles. The van der Waals surface area contributed by atoms with E-state index in [1.54, 1.807) is 0 Å². The third kappa shape index (κ3) is 5.67. The van der Waals surface area contributed by atoms with Crippen LogP contribution >= 0.6 is 35.3 Å². The summed E-state index contributed by atoms with van der Waals surface area (Å²) in [6, 6.07) is 10.4. The molecule has 0 unspecified atom stereocenters. The summed E-state index contributed by atoms with van der Waals surface area (Å²) in [7, 11) is 0. The Hall–Kier alpha value is -1.15. The first-order valence-corrected chi connectivity index (χ1v) is 10.2. The van der Waals surface area contributed by atoms with Crippen LogP contribution in [0.4, 0.5) is 0 Å². The maximum atomic E-state index is 4.72. The Balaban J connectivity index is 0.00000243. The average molecular weight is 484 g/mol. The number of nitrogens with zero attached hydrogens (tertiary/aromatic N) is 2. The van der Waals surface area contributed by atoms with Gasteiger partial charge in [0, 0.05) is 29.6 Å². The van der Waals surface area contributed by atoms with E-state index in [-0.39, 0.29) is 29.4 Å². The summed E-state index contributed by atoms with van der Waals surface area (Å²) in [5, 5.41) is 9.18. The second kappa shape index (κ2) is 10.9. The minimum atomic E-state index is 0. The second-order valence-corrected chi connectivity index (χ2v) is 7.64. The number of rotatable bonds is 6. The smallest absolute Gasteiger partial charge is 0.191 e. The second-order valence-electron chi connectivity index (χ2n) is 6.69. The molecule has 0 amide bonds. The average Bonchev–Trinajstić information content (AvgIpc) is 3.21. The molecule has 26 heavy (non-hydrogen) atoms. The quantitative estimate of drug-likeness (QED) is 0.355. The minimum Gasteiger partial charge on any atom is -0.357 e. The van der Waals surface area contributed by atoms with Gasteiger partial charge in [-0.2, -0.15) is 0 Å². The normalized spacial score (nSPS) is 16.6. The Morgan fingerprint density at radius 2 is 2.00 bits per heavy atom. The highest BCUT2D eigenvalue weighted by Gasteiger charge is 2.34. The van der Waals surface area contributed by atoms with Gasteiger partial charge in [0.1, 0.15) is 0 Å². The molecule has 1 aliphatic rings. The molecule has 3 rings (SSSR count). The molecule has 2 N–H and O–H groups in total. The fourth-order valence-corrected chi connectivity index (χ4v) is 4.55. The highest BCUT2D eigenvalue weighted by atomic mass is 127. The van der Waals surface area contributed by atoms with Gasteiger partial charge >= 0.3 is 0 Å². The Labute approximate surface area is 177 Å². The summed E-state index contributed by atoms with van der Waals surface area (Å²) in [4.78, 5) is 10.6. The molecule has 1 aliphatic carbocycles. The lowest BCUT2D eigenvalue weighted by atomic mass is 9.73. The zero-order chi connectivity index (χ0) is 17.4. The number of pyridine rings is 1. The number of hydrogen-bond acceptors (Lipinski definition) is 3. The minimum absolute atomic E-state index is 0. The molecule has 0 spiro atoms. The molecule has 6 heteroatoms. The predicted octanol–water partition coefficient (Wildman–Crippen LogP) is 4.72. The van der Waals surface area contributed by atoms with Crippen molar-refractivity contribution in [2.75, 3.05) is 13.1 Å². The van der Waals surface area contributed by atoms with E-state index in [0.29, 0.717) is 6.54 Å². The Morgan fingerprint density at radius 3 is 2.65 bits per heavy atom. The maximum Gasteiger partial charge on any atom is 0.191 e. The zero-order valence-electron chi connectivity index (χ0n) is 15.4. The molecular formula is C20H29IN4S. The van der Waals surface area contributed by atoms with Gasteiger partial charge in [-0.25, -0.2) is 4.99 Å². The topological polar surface area (TPSA) is 49.3 Å². The van der Waals surface area contributed by atoms with Crippen LogP contribution in [0.15, 0.2) is 46.9 Å². The van der Waals surface area contributed by atoms with Crippen LogP contribution in [-0.2, 0) is 12.0 Å². The molecule has 2 aromatic rings. The van der Waals surface area contributed by atoms with Crippen molar-refractivity contribution >= 4 is 41.3 Å². The Bertz CT molecular complexity index is 652. The summed E-state index contributed by atoms with van der Waals surface area (Å²) >= 11 is 1.89. The number of hydrogen-bond donors (Lipinski definition) is 2. The van der Waals surface area contributed by atoms with Crippen molar-refractivity contribution in [1.82, 2.24) is 15.6 Å².